The van der Waals surface area contributed by atoms with Crippen molar-refractivity contribution < 1.29 is 27.4 Å². The molecular weight excluding hydrogens is 652 g/mol. The number of nitrogens with one attached hydrogen (secondary N) is 6. The zero-order valence-electron chi connectivity index (χ0n) is 25.4. The Balaban J connectivity index is 0.00000162. The van der Waals surface area contributed by atoms with E-state index in [2.05, 4.69) is 44.0 Å². The molecule has 0 radical (unpaired) electrons. The van der Waals surface area contributed by atoms with Gasteiger partial charge in [0.15, 0.2) is 0 Å². The number of amides is 2. The Labute approximate surface area is 277 Å². The summed E-state index contributed by atoms with van der Waals surface area (Å²) in [6.07, 6.45) is 10.1. The number of rotatable bonds is 10. The van der Waals surface area contributed by atoms with Crippen molar-refractivity contribution in [1.82, 2.24) is 36.9 Å². The summed E-state index contributed by atoms with van der Waals surface area (Å²) in [5.74, 6) is 0.796. The Kier molecular flexibility index (Phi) is 19.9. The topological polar surface area (TPSA) is 121 Å². The van der Waals surface area contributed by atoms with Crippen molar-refractivity contribution >= 4 is 38.0 Å². The molecule has 1 aromatic rings. The maximum absolute atomic E-state index is 12.1. The maximum atomic E-state index is 12.1. The molecule has 2 fully saturated rings. The van der Waals surface area contributed by atoms with Crippen LogP contribution >= 0.6 is 32.0 Å². The van der Waals surface area contributed by atoms with Crippen LogP contribution in [0.25, 0.3) is 0 Å². The summed E-state index contributed by atoms with van der Waals surface area (Å²) in [6.45, 7) is 6.25. The van der Waals surface area contributed by atoms with Crippen molar-refractivity contribution in [2.45, 2.75) is 93.5 Å². The Morgan fingerprint density at radius 1 is 0.860 bits per heavy atom. The Bertz CT molecular complexity index is 865. The number of methoxy groups -OCH3 is 1. The molecule has 4 rings (SSSR count). The normalized spacial score (nSPS) is 24.6. The molecule has 2 heterocycles. The van der Waals surface area contributed by atoms with Crippen LogP contribution < -0.4 is 31.9 Å². The predicted octanol–water partition coefficient (Wildman–Crippen LogP) is 3.51. The Hall–Kier alpha value is -0.371. The first-order valence-corrected chi connectivity index (χ1v) is 19.9. The summed E-state index contributed by atoms with van der Waals surface area (Å²) in [5, 5.41) is 21.2. The van der Waals surface area contributed by atoms with Crippen molar-refractivity contribution in [3.8, 4) is 0 Å². The van der Waals surface area contributed by atoms with Gasteiger partial charge in [0.2, 0.25) is 0 Å². The molecule has 10 nitrogen and oxygen atoms in total. The monoisotopic (exact) mass is 702 g/mol. The van der Waals surface area contributed by atoms with Gasteiger partial charge in [-0.1, -0.05) is 25.7 Å². The number of urea groups is 1. The zero-order valence-corrected chi connectivity index (χ0v) is 28.9. The van der Waals surface area contributed by atoms with Gasteiger partial charge in [-0.25, -0.2) is 4.79 Å². The number of aromatic nitrogens is 1. The van der Waals surface area contributed by atoms with E-state index < -0.39 is 0 Å². The van der Waals surface area contributed by atoms with Crippen molar-refractivity contribution in [1.29, 1.82) is 0 Å². The molecular formula is C29H51Cl2MnN7O3S. The molecule has 247 valence electrons. The summed E-state index contributed by atoms with van der Waals surface area (Å²) in [7, 11) is 11.2. The summed E-state index contributed by atoms with van der Waals surface area (Å²) in [5.41, 5.74) is 2.19. The average Bonchev–Trinajstić information content (AvgIpc) is 3.02. The first kappa shape index (κ1) is 37.1. The molecule has 3 aliphatic rings. The van der Waals surface area contributed by atoms with E-state index in [1.807, 2.05) is 0 Å². The van der Waals surface area contributed by atoms with Crippen LogP contribution in [0.3, 0.4) is 0 Å². The van der Waals surface area contributed by atoms with Gasteiger partial charge < -0.3 is 41.4 Å². The third kappa shape index (κ3) is 15.2. The number of thioether (sulfide) groups is 1. The summed E-state index contributed by atoms with van der Waals surface area (Å²) < 4.78 is 10.3. The third-order valence-electron chi connectivity index (χ3n) is 8.09. The van der Waals surface area contributed by atoms with Gasteiger partial charge in [0.25, 0.3) is 0 Å². The van der Waals surface area contributed by atoms with E-state index in [0.29, 0.717) is 57.1 Å². The Morgan fingerprint density at radius 2 is 1.37 bits per heavy atom. The molecule has 0 aromatic carbocycles. The number of hydrogen-bond acceptors (Lipinski definition) is 9. The molecule has 2 amide bonds. The molecule has 0 unspecified atom stereocenters. The van der Waals surface area contributed by atoms with Crippen LogP contribution in [0.5, 0.6) is 0 Å². The quantitative estimate of drug-likeness (QED) is 0.124. The molecule has 6 N–H and O–H groups in total. The summed E-state index contributed by atoms with van der Waals surface area (Å²) in [6, 6.07) is 6.27. The van der Waals surface area contributed by atoms with Gasteiger partial charge in [0.1, 0.15) is 0 Å². The summed E-state index contributed by atoms with van der Waals surface area (Å²) in [4.78, 5) is 18.3. The molecule has 0 spiro atoms. The minimum absolute atomic E-state index is 0.00694. The number of carbonyl (C=O) groups is 1. The second-order valence-corrected chi connectivity index (χ2v) is 14.3. The second-order valence-electron chi connectivity index (χ2n) is 11.1. The Morgan fingerprint density at radius 3 is 1.91 bits per heavy atom. The van der Waals surface area contributed by atoms with Gasteiger partial charge >= 0.3 is 39.4 Å². The van der Waals surface area contributed by atoms with Crippen molar-refractivity contribution in [2.24, 2.45) is 0 Å². The first-order valence-electron chi connectivity index (χ1n) is 15.6. The molecule has 2 bridgehead atoms. The van der Waals surface area contributed by atoms with Gasteiger partial charge in [-0.05, 0) is 37.8 Å². The predicted molar refractivity (Wildman–Crippen MR) is 173 cm³/mol. The van der Waals surface area contributed by atoms with E-state index in [1.54, 1.807) is 18.9 Å². The number of ether oxygens (including phenoxy) is 2. The number of nitrogens with zero attached hydrogens (tertiary/aromatic N) is 1. The van der Waals surface area contributed by atoms with E-state index in [4.69, 9.17) is 34.7 Å². The molecule has 1 aromatic heterocycles. The molecule has 43 heavy (non-hydrogen) atoms. The number of pyridine rings is 1. The van der Waals surface area contributed by atoms with E-state index in [0.717, 1.165) is 43.3 Å². The fourth-order valence-electron chi connectivity index (χ4n) is 5.99. The zero-order chi connectivity index (χ0) is 30.5. The van der Waals surface area contributed by atoms with E-state index in [-0.39, 0.29) is 19.2 Å². The van der Waals surface area contributed by atoms with Gasteiger partial charge in [-0.2, -0.15) is 0 Å². The summed E-state index contributed by atoms with van der Waals surface area (Å²) >= 11 is 1.78. The van der Waals surface area contributed by atoms with Crippen LogP contribution in [0.1, 0.15) is 62.8 Å². The second kappa shape index (κ2) is 23.0. The minimum atomic E-state index is -0.163. The number of hydrogen-bond donors (Lipinski definition) is 6. The van der Waals surface area contributed by atoms with Gasteiger partial charge in [0, 0.05) is 81.2 Å². The van der Waals surface area contributed by atoms with Crippen LogP contribution in [-0.2, 0) is 35.7 Å². The van der Waals surface area contributed by atoms with E-state index in [9.17, 15) is 4.79 Å². The molecule has 14 heteroatoms. The van der Waals surface area contributed by atoms with Crippen LogP contribution in [0.4, 0.5) is 4.79 Å². The average molecular weight is 704 g/mol. The van der Waals surface area contributed by atoms with Gasteiger partial charge in [-0.15, -0.1) is 11.8 Å². The number of fused-ring (bicyclic) bond motifs is 4. The van der Waals surface area contributed by atoms with E-state index >= 15 is 0 Å². The van der Waals surface area contributed by atoms with Gasteiger partial charge in [-0.3, -0.25) is 4.98 Å². The van der Waals surface area contributed by atoms with Crippen LogP contribution in [0, 0.1) is 0 Å². The number of halogens is 2. The fourth-order valence-corrected chi connectivity index (χ4v) is 6.86. The SMILES string of the molecule is COCCOCCNC(=O)NCCSc1cc2nc(c1)CN[C@@H]1CCCC[C@H]1NCCN[C@@H]1CCCC[C@H]1NC2.[Cl][Mn][Cl]. The van der Waals surface area contributed by atoms with E-state index in [1.165, 1.54) is 56.3 Å². The fraction of sp³-hybridized carbons (Fsp3) is 0.793. The van der Waals surface area contributed by atoms with Gasteiger partial charge in [0.05, 0.1) is 31.2 Å². The third-order valence-corrected chi connectivity index (χ3v) is 9.06. The van der Waals surface area contributed by atoms with Crippen molar-refractivity contribution in [2.75, 3.05) is 58.9 Å². The van der Waals surface area contributed by atoms with Crippen molar-refractivity contribution in [3.63, 3.8) is 0 Å². The standard InChI is InChI=1S/C29H51N7O3S.2ClH.Mn/c1-38-15-16-39-14-12-32-29(37)33-13-17-40-24-18-22-20-34-27-8-4-2-6-25(27)30-10-11-31-26-7-3-5-9-28(26)35-21-23(19-24)36-22;;;/h18-19,25-28,30-31,34-35H,2-17,20-21H2,1H3,(H2,32,33,37);2*1H;/q;;;+2/p-2/t25-,26-,27-,28-;;;/m1.../s1. The number of carbonyl (C=O) groups excluding carboxylic acids is 1. The van der Waals surface area contributed by atoms with Crippen molar-refractivity contribution in [3.05, 3.63) is 23.5 Å². The van der Waals surface area contributed by atoms with Crippen LogP contribution in [0.15, 0.2) is 17.0 Å². The molecule has 0 saturated heterocycles. The van der Waals surface area contributed by atoms with Crippen LogP contribution in [-0.4, -0.2) is 94.0 Å². The first-order chi connectivity index (χ1) is 21.1. The molecule has 2 saturated carbocycles. The van der Waals surface area contributed by atoms with Crippen LogP contribution in [0.2, 0.25) is 0 Å². The molecule has 4 atom stereocenters. The molecule has 2 aliphatic carbocycles. The molecule has 1 aliphatic heterocycles.